The number of carbonyl (C=O) groups excluding carboxylic acids is 1. The Hall–Kier alpha value is -1.39. The van der Waals surface area contributed by atoms with Gasteiger partial charge in [0, 0.05) is 6.04 Å². The van der Waals surface area contributed by atoms with Gasteiger partial charge < -0.3 is 10.4 Å². The summed E-state index contributed by atoms with van der Waals surface area (Å²) in [5.41, 5.74) is 0.440. The SMILES string of the molecule is CC(C)(O)C1CCCN1CC(=O)NC(c1ccccc1)C1CC1. The Morgan fingerprint density at radius 3 is 2.61 bits per heavy atom. The molecule has 0 radical (unpaired) electrons. The molecule has 1 amide bonds. The Morgan fingerprint density at radius 1 is 1.30 bits per heavy atom. The minimum atomic E-state index is -0.758. The molecule has 1 aromatic carbocycles. The molecule has 1 aromatic rings. The van der Waals surface area contributed by atoms with Crippen LogP contribution in [0.2, 0.25) is 0 Å². The minimum absolute atomic E-state index is 0.0712. The van der Waals surface area contributed by atoms with E-state index in [1.165, 1.54) is 18.4 Å². The van der Waals surface area contributed by atoms with Crippen molar-refractivity contribution in [3.8, 4) is 0 Å². The van der Waals surface area contributed by atoms with Crippen LogP contribution in [-0.4, -0.2) is 40.6 Å². The third-order valence-corrected chi connectivity index (χ3v) is 5.09. The summed E-state index contributed by atoms with van der Waals surface area (Å²) in [4.78, 5) is 14.7. The molecule has 1 aliphatic heterocycles. The van der Waals surface area contributed by atoms with E-state index < -0.39 is 5.60 Å². The van der Waals surface area contributed by atoms with Crippen LogP contribution in [-0.2, 0) is 4.79 Å². The van der Waals surface area contributed by atoms with E-state index in [1.807, 2.05) is 32.0 Å². The summed E-state index contributed by atoms with van der Waals surface area (Å²) in [7, 11) is 0. The van der Waals surface area contributed by atoms with Gasteiger partial charge in [0.1, 0.15) is 0 Å². The maximum Gasteiger partial charge on any atom is 0.234 e. The van der Waals surface area contributed by atoms with Gasteiger partial charge in [0.25, 0.3) is 0 Å². The fourth-order valence-corrected chi connectivity index (χ4v) is 3.78. The molecular weight excluding hydrogens is 288 g/mol. The predicted molar refractivity (Wildman–Crippen MR) is 90.9 cm³/mol. The molecular formula is C19H28N2O2. The van der Waals surface area contributed by atoms with Crippen LogP contribution in [0.15, 0.2) is 30.3 Å². The van der Waals surface area contributed by atoms with E-state index in [0.717, 1.165) is 19.4 Å². The number of nitrogens with one attached hydrogen (secondary N) is 1. The van der Waals surface area contributed by atoms with Crippen LogP contribution in [0.25, 0.3) is 0 Å². The summed E-state index contributed by atoms with van der Waals surface area (Å²) >= 11 is 0. The summed E-state index contributed by atoms with van der Waals surface area (Å²) < 4.78 is 0. The number of hydrogen-bond acceptors (Lipinski definition) is 3. The second-order valence-corrected chi connectivity index (χ2v) is 7.58. The van der Waals surface area contributed by atoms with Crippen molar-refractivity contribution in [3.05, 3.63) is 35.9 Å². The fraction of sp³-hybridized carbons (Fsp3) is 0.632. The number of amides is 1. The van der Waals surface area contributed by atoms with Crippen molar-refractivity contribution >= 4 is 5.91 Å². The van der Waals surface area contributed by atoms with E-state index in [2.05, 4.69) is 22.3 Å². The molecule has 23 heavy (non-hydrogen) atoms. The van der Waals surface area contributed by atoms with Crippen LogP contribution in [0.1, 0.15) is 51.1 Å². The van der Waals surface area contributed by atoms with Gasteiger partial charge in [-0.15, -0.1) is 0 Å². The molecule has 0 aromatic heterocycles. The number of hydrogen-bond donors (Lipinski definition) is 2. The van der Waals surface area contributed by atoms with E-state index >= 15 is 0 Å². The van der Waals surface area contributed by atoms with Crippen molar-refractivity contribution in [2.45, 2.75) is 57.2 Å². The summed E-state index contributed by atoms with van der Waals surface area (Å²) in [5, 5.41) is 13.5. The molecule has 1 saturated carbocycles. The molecule has 1 aliphatic carbocycles. The quantitative estimate of drug-likeness (QED) is 0.848. The predicted octanol–water partition coefficient (Wildman–Crippen LogP) is 2.49. The van der Waals surface area contributed by atoms with Gasteiger partial charge >= 0.3 is 0 Å². The zero-order valence-corrected chi connectivity index (χ0v) is 14.2. The largest absolute Gasteiger partial charge is 0.389 e. The molecule has 126 valence electrons. The van der Waals surface area contributed by atoms with Crippen molar-refractivity contribution in [1.29, 1.82) is 0 Å². The lowest BCUT2D eigenvalue weighted by Gasteiger charge is -2.33. The Labute approximate surface area is 138 Å². The molecule has 4 nitrogen and oxygen atoms in total. The summed E-state index contributed by atoms with van der Waals surface area (Å²) in [5.74, 6) is 0.645. The van der Waals surface area contributed by atoms with Crippen LogP contribution < -0.4 is 5.32 Å². The Bertz CT molecular complexity index is 534. The van der Waals surface area contributed by atoms with Gasteiger partial charge in [-0.1, -0.05) is 30.3 Å². The second-order valence-electron chi connectivity index (χ2n) is 7.58. The zero-order valence-electron chi connectivity index (χ0n) is 14.2. The lowest BCUT2D eigenvalue weighted by molar-refractivity contribution is -0.124. The number of nitrogens with zero attached hydrogens (tertiary/aromatic N) is 1. The summed E-state index contributed by atoms with van der Waals surface area (Å²) in [6, 6.07) is 10.5. The van der Waals surface area contributed by atoms with Crippen LogP contribution in [0.5, 0.6) is 0 Å². The highest BCUT2D eigenvalue weighted by Crippen LogP contribution is 2.41. The highest BCUT2D eigenvalue weighted by Gasteiger charge is 2.38. The van der Waals surface area contributed by atoms with Gasteiger partial charge in [-0.2, -0.15) is 0 Å². The van der Waals surface area contributed by atoms with Gasteiger partial charge in [-0.3, -0.25) is 9.69 Å². The number of likely N-dealkylation sites (tertiary alicyclic amines) is 1. The normalized spacial score (nSPS) is 23.7. The third kappa shape index (κ3) is 4.12. The van der Waals surface area contributed by atoms with Gasteiger partial charge in [-0.05, 0) is 57.6 Å². The van der Waals surface area contributed by atoms with Gasteiger partial charge in [0.2, 0.25) is 5.91 Å². The number of rotatable bonds is 6. The van der Waals surface area contributed by atoms with Crippen molar-refractivity contribution in [2.75, 3.05) is 13.1 Å². The van der Waals surface area contributed by atoms with Crippen molar-refractivity contribution < 1.29 is 9.90 Å². The monoisotopic (exact) mass is 316 g/mol. The smallest absolute Gasteiger partial charge is 0.234 e. The third-order valence-electron chi connectivity index (χ3n) is 5.09. The first-order valence-electron chi connectivity index (χ1n) is 8.76. The first kappa shape index (κ1) is 16.5. The van der Waals surface area contributed by atoms with E-state index in [-0.39, 0.29) is 18.0 Å². The molecule has 1 heterocycles. The lowest BCUT2D eigenvalue weighted by atomic mass is 9.96. The number of carbonyl (C=O) groups is 1. The molecule has 2 aliphatic rings. The van der Waals surface area contributed by atoms with Gasteiger partial charge in [0.05, 0.1) is 18.2 Å². The molecule has 4 heteroatoms. The first-order chi connectivity index (χ1) is 10.9. The molecule has 0 spiro atoms. The van der Waals surface area contributed by atoms with Crippen molar-refractivity contribution in [1.82, 2.24) is 10.2 Å². The molecule has 3 rings (SSSR count). The summed E-state index contributed by atoms with van der Waals surface area (Å²) in [6.07, 6.45) is 4.39. The topological polar surface area (TPSA) is 52.6 Å². The number of benzene rings is 1. The lowest BCUT2D eigenvalue weighted by Crippen LogP contribution is -2.49. The minimum Gasteiger partial charge on any atom is -0.389 e. The second kappa shape index (κ2) is 6.62. The van der Waals surface area contributed by atoms with Gasteiger partial charge in [0.15, 0.2) is 0 Å². The Kier molecular flexibility index (Phi) is 4.74. The van der Waals surface area contributed by atoms with E-state index in [1.54, 1.807) is 0 Å². The molecule has 2 unspecified atom stereocenters. The standard InChI is InChI=1S/C19H28N2O2/c1-19(2,23)16-9-6-12-21(16)13-17(22)20-18(15-10-11-15)14-7-4-3-5-8-14/h3-5,7-8,15-16,18,23H,6,9-13H2,1-2H3,(H,20,22). The maximum atomic E-state index is 12.6. The first-order valence-corrected chi connectivity index (χ1v) is 8.76. The summed E-state index contributed by atoms with van der Waals surface area (Å²) in [6.45, 7) is 4.95. The Balaban J connectivity index is 1.62. The maximum absolute atomic E-state index is 12.6. The van der Waals surface area contributed by atoms with Crippen LogP contribution >= 0.6 is 0 Å². The molecule has 1 saturated heterocycles. The van der Waals surface area contributed by atoms with E-state index in [0.29, 0.717) is 12.5 Å². The number of aliphatic hydroxyl groups is 1. The van der Waals surface area contributed by atoms with Crippen LogP contribution in [0, 0.1) is 5.92 Å². The fourth-order valence-electron chi connectivity index (χ4n) is 3.78. The van der Waals surface area contributed by atoms with Crippen molar-refractivity contribution in [3.63, 3.8) is 0 Å². The highest BCUT2D eigenvalue weighted by atomic mass is 16.3. The molecule has 0 bridgehead atoms. The Morgan fingerprint density at radius 2 is 2.00 bits per heavy atom. The zero-order chi connectivity index (χ0) is 16.4. The molecule has 2 N–H and O–H groups in total. The van der Waals surface area contributed by atoms with Crippen LogP contribution in [0.4, 0.5) is 0 Å². The van der Waals surface area contributed by atoms with E-state index in [4.69, 9.17) is 0 Å². The van der Waals surface area contributed by atoms with Gasteiger partial charge in [-0.25, -0.2) is 0 Å². The van der Waals surface area contributed by atoms with Crippen LogP contribution in [0.3, 0.4) is 0 Å². The molecule has 2 atom stereocenters. The van der Waals surface area contributed by atoms with E-state index in [9.17, 15) is 9.90 Å². The average molecular weight is 316 g/mol. The average Bonchev–Trinajstić information content (AvgIpc) is 3.23. The molecule has 2 fully saturated rings. The highest BCUT2D eigenvalue weighted by molar-refractivity contribution is 5.78. The van der Waals surface area contributed by atoms with Crippen molar-refractivity contribution in [2.24, 2.45) is 5.92 Å².